The number of carbonyl (C=O) groups is 2. The van der Waals surface area contributed by atoms with Gasteiger partial charge in [-0.2, -0.15) is 5.26 Å². The summed E-state index contributed by atoms with van der Waals surface area (Å²) in [7, 11) is 1.45. The smallest absolute Gasteiger partial charge is 0.342 e. The zero-order valence-electron chi connectivity index (χ0n) is 13.6. The van der Waals surface area contributed by atoms with Crippen molar-refractivity contribution in [2.75, 3.05) is 19.0 Å². The Kier molecular flexibility index (Phi) is 5.98. The molecule has 0 atom stereocenters. The molecule has 0 spiro atoms. The van der Waals surface area contributed by atoms with Crippen molar-refractivity contribution in [3.05, 3.63) is 58.1 Å². The summed E-state index contributed by atoms with van der Waals surface area (Å²) < 4.78 is 10.1. The molecule has 1 N–H and O–H groups in total. The van der Waals surface area contributed by atoms with Crippen LogP contribution in [0.3, 0.4) is 0 Å². The molecule has 6 nitrogen and oxygen atoms in total. The summed E-state index contributed by atoms with van der Waals surface area (Å²) in [5.41, 5.74) is 1.82. The van der Waals surface area contributed by atoms with Crippen LogP contribution in [0.4, 0.5) is 5.69 Å². The number of hydrogen-bond acceptors (Lipinski definition) is 5. The first kappa shape index (κ1) is 18.3. The maximum absolute atomic E-state index is 12.1. The van der Waals surface area contributed by atoms with Crippen molar-refractivity contribution in [1.82, 2.24) is 0 Å². The average Bonchev–Trinajstić information content (AvgIpc) is 2.59. The maximum Gasteiger partial charge on any atom is 0.342 e. The quantitative estimate of drug-likeness (QED) is 0.828. The van der Waals surface area contributed by atoms with Crippen LogP contribution < -0.4 is 10.1 Å². The first-order chi connectivity index (χ1) is 11.9. The summed E-state index contributed by atoms with van der Waals surface area (Å²) in [6, 6.07) is 11.5. The molecule has 2 aromatic rings. The third kappa shape index (κ3) is 4.72. The molecule has 0 fully saturated rings. The third-order valence-corrected chi connectivity index (χ3v) is 3.60. The molecule has 0 aliphatic heterocycles. The molecule has 0 aliphatic rings. The summed E-state index contributed by atoms with van der Waals surface area (Å²) in [4.78, 5) is 24.0. The molecule has 1 amide bonds. The number of esters is 1. The largest absolute Gasteiger partial charge is 0.496 e. The molecule has 2 rings (SSSR count). The molecule has 0 saturated carbocycles. The topological polar surface area (TPSA) is 88.4 Å². The van der Waals surface area contributed by atoms with Crippen LogP contribution in [0.2, 0.25) is 5.02 Å². The van der Waals surface area contributed by atoms with Crippen molar-refractivity contribution < 1.29 is 19.1 Å². The predicted molar refractivity (Wildman–Crippen MR) is 92.8 cm³/mol. The number of anilines is 1. The van der Waals surface area contributed by atoms with Gasteiger partial charge in [0.1, 0.15) is 17.4 Å². The van der Waals surface area contributed by atoms with Crippen LogP contribution in [0, 0.1) is 18.3 Å². The molecule has 2 aromatic carbocycles. The summed E-state index contributed by atoms with van der Waals surface area (Å²) >= 11 is 5.90. The summed E-state index contributed by atoms with van der Waals surface area (Å²) in [5, 5.41) is 11.6. The monoisotopic (exact) mass is 358 g/mol. The normalized spacial score (nSPS) is 9.84. The Labute approximate surface area is 149 Å². The van der Waals surface area contributed by atoms with Gasteiger partial charge < -0.3 is 14.8 Å². The number of methoxy groups -OCH3 is 1. The van der Waals surface area contributed by atoms with E-state index in [2.05, 4.69) is 5.32 Å². The standard InChI is InChI=1S/C18H15ClN2O4/c1-11-3-6-16(24-2)14(7-11)18(23)25-10-17(22)21-13-5-4-12(9-20)15(19)8-13/h3-8H,10H2,1-2H3,(H,21,22). The third-order valence-electron chi connectivity index (χ3n) is 3.28. The molecular formula is C18H15ClN2O4. The highest BCUT2D eigenvalue weighted by molar-refractivity contribution is 6.32. The number of ether oxygens (including phenoxy) is 2. The van der Waals surface area contributed by atoms with Gasteiger partial charge in [-0.15, -0.1) is 0 Å². The first-order valence-electron chi connectivity index (χ1n) is 7.26. The number of amides is 1. The number of aryl methyl sites for hydroxylation is 1. The molecule has 128 valence electrons. The Morgan fingerprint density at radius 1 is 1.24 bits per heavy atom. The number of carbonyl (C=O) groups excluding carboxylic acids is 2. The van der Waals surface area contributed by atoms with Crippen molar-refractivity contribution in [1.29, 1.82) is 5.26 Å². The molecule has 0 radical (unpaired) electrons. The molecule has 0 unspecified atom stereocenters. The Morgan fingerprint density at radius 3 is 2.64 bits per heavy atom. The fourth-order valence-electron chi connectivity index (χ4n) is 2.07. The fraction of sp³-hybridized carbons (Fsp3) is 0.167. The highest BCUT2D eigenvalue weighted by atomic mass is 35.5. The zero-order chi connectivity index (χ0) is 18.4. The summed E-state index contributed by atoms with van der Waals surface area (Å²) in [5.74, 6) is -0.816. The van der Waals surface area contributed by atoms with Gasteiger partial charge in [0.25, 0.3) is 5.91 Å². The second-order valence-corrected chi connectivity index (χ2v) is 5.54. The molecular weight excluding hydrogens is 344 g/mol. The van der Waals surface area contributed by atoms with Crippen LogP contribution in [-0.2, 0) is 9.53 Å². The Balaban J connectivity index is 1.98. The van der Waals surface area contributed by atoms with Gasteiger partial charge in [-0.05, 0) is 37.3 Å². The Bertz CT molecular complexity index is 859. The SMILES string of the molecule is COc1ccc(C)cc1C(=O)OCC(=O)Nc1ccc(C#N)c(Cl)c1. The predicted octanol–water partition coefficient (Wildman–Crippen LogP) is 3.32. The second-order valence-electron chi connectivity index (χ2n) is 5.13. The van der Waals surface area contributed by atoms with Gasteiger partial charge in [-0.3, -0.25) is 4.79 Å². The minimum absolute atomic E-state index is 0.224. The molecule has 0 aromatic heterocycles. The van der Waals surface area contributed by atoms with E-state index < -0.39 is 18.5 Å². The highest BCUT2D eigenvalue weighted by Gasteiger charge is 2.16. The Hall–Kier alpha value is -3.04. The molecule has 25 heavy (non-hydrogen) atoms. The van der Waals surface area contributed by atoms with Crippen molar-refractivity contribution in [2.24, 2.45) is 0 Å². The van der Waals surface area contributed by atoms with Gasteiger partial charge >= 0.3 is 5.97 Å². The van der Waals surface area contributed by atoms with Crippen LogP contribution in [-0.4, -0.2) is 25.6 Å². The van der Waals surface area contributed by atoms with E-state index in [4.69, 9.17) is 26.3 Å². The lowest BCUT2D eigenvalue weighted by Crippen LogP contribution is -2.21. The second kappa shape index (κ2) is 8.18. The lowest BCUT2D eigenvalue weighted by atomic mass is 10.1. The van der Waals surface area contributed by atoms with E-state index in [-0.39, 0.29) is 10.6 Å². The van der Waals surface area contributed by atoms with E-state index in [1.807, 2.05) is 13.0 Å². The van der Waals surface area contributed by atoms with E-state index >= 15 is 0 Å². The number of hydrogen-bond donors (Lipinski definition) is 1. The number of benzene rings is 2. The van der Waals surface area contributed by atoms with E-state index in [1.54, 1.807) is 18.2 Å². The molecule has 0 saturated heterocycles. The van der Waals surface area contributed by atoms with Crippen LogP contribution >= 0.6 is 11.6 Å². The number of halogens is 1. The number of rotatable bonds is 5. The minimum atomic E-state index is -0.659. The van der Waals surface area contributed by atoms with Crippen molar-refractivity contribution in [3.8, 4) is 11.8 Å². The van der Waals surface area contributed by atoms with E-state index in [1.165, 1.54) is 25.3 Å². The highest BCUT2D eigenvalue weighted by Crippen LogP contribution is 2.21. The van der Waals surface area contributed by atoms with Gasteiger partial charge in [0.2, 0.25) is 0 Å². The number of nitrogens with zero attached hydrogens (tertiary/aromatic N) is 1. The van der Waals surface area contributed by atoms with Crippen LogP contribution in [0.25, 0.3) is 0 Å². The molecule has 7 heteroatoms. The maximum atomic E-state index is 12.1. The molecule has 0 bridgehead atoms. The van der Waals surface area contributed by atoms with Gasteiger partial charge in [0, 0.05) is 5.69 Å². The van der Waals surface area contributed by atoms with Crippen molar-refractivity contribution in [2.45, 2.75) is 6.92 Å². The lowest BCUT2D eigenvalue weighted by Gasteiger charge is -2.10. The van der Waals surface area contributed by atoms with Gasteiger partial charge in [-0.25, -0.2) is 4.79 Å². The summed E-state index contributed by atoms with van der Waals surface area (Å²) in [6.45, 7) is 1.37. The number of nitriles is 1. The fourth-order valence-corrected chi connectivity index (χ4v) is 2.29. The van der Waals surface area contributed by atoms with E-state index in [9.17, 15) is 9.59 Å². The van der Waals surface area contributed by atoms with Crippen LogP contribution in [0.1, 0.15) is 21.5 Å². The minimum Gasteiger partial charge on any atom is -0.496 e. The van der Waals surface area contributed by atoms with Crippen molar-refractivity contribution in [3.63, 3.8) is 0 Å². The molecule has 0 heterocycles. The van der Waals surface area contributed by atoms with Gasteiger partial charge in [0.15, 0.2) is 6.61 Å². The molecule has 0 aliphatic carbocycles. The summed E-state index contributed by atoms with van der Waals surface area (Å²) in [6.07, 6.45) is 0. The van der Waals surface area contributed by atoms with Gasteiger partial charge in [0.05, 0.1) is 17.7 Å². The average molecular weight is 359 g/mol. The lowest BCUT2D eigenvalue weighted by molar-refractivity contribution is -0.119. The zero-order valence-corrected chi connectivity index (χ0v) is 14.4. The van der Waals surface area contributed by atoms with Crippen LogP contribution in [0.15, 0.2) is 36.4 Å². The first-order valence-corrected chi connectivity index (χ1v) is 7.63. The van der Waals surface area contributed by atoms with Crippen LogP contribution in [0.5, 0.6) is 5.75 Å². The Morgan fingerprint density at radius 2 is 2.00 bits per heavy atom. The van der Waals surface area contributed by atoms with E-state index in [0.29, 0.717) is 17.0 Å². The van der Waals surface area contributed by atoms with Gasteiger partial charge in [-0.1, -0.05) is 23.2 Å². The number of nitrogens with one attached hydrogen (secondary N) is 1. The van der Waals surface area contributed by atoms with E-state index in [0.717, 1.165) is 5.56 Å². The van der Waals surface area contributed by atoms with Crippen molar-refractivity contribution >= 4 is 29.2 Å².